The molecule has 0 aliphatic carbocycles. The second-order valence-corrected chi connectivity index (χ2v) is 3.91. The average molecular weight is 193 g/mol. The topological polar surface area (TPSA) is 21.3 Å². The van der Waals surface area contributed by atoms with Gasteiger partial charge in [-0.05, 0) is 17.9 Å². The Balaban J connectivity index is 2.67. The normalized spacial score (nSPS) is 13.1. The van der Waals surface area contributed by atoms with Crippen molar-refractivity contribution < 1.29 is 4.84 Å². The van der Waals surface area contributed by atoms with Gasteiger partial charge in [0, 0.05) is 0 Å². The molecular formula is C12H19NO. The lowest BCUT2D eigenvalue weighted by Gasteiger charge is -2.19. The molecule has 0 bridgehead atoms. The smallest absolute Gasteiger partial charge is 0.0573 e. The summed E-state index contributed by atoms with van der Waals surface area (Å²) in [5.41, 5.74) is 4.31. The molecule has 0 aliphatic heterocycles. The Kier molecular flexibility index (Phi) is 4.63. The van der Waals surface area contributed by atoms with Crippen molar-refractivity contribution in [1.29, 1.82) is 0 Å². The Hall–Kier alpha value is -0.860. The second-order valence-electron chi connectivity index (χ2n) is 3.91. The van der Waals surface area contributed by atoms with Crippen LogP contribution in [0.3, 0.4) is 0 Å². The molecule has 78 valence electrons. The summed E-state index contributed by atoms with van der Waals surface area (Å²) >= 11 is 0. The number of hydrogen-bond acceptors (Lipinski definition) is 2. The van der Waals surface area contributed by atoms with Crippen LogP contribution in [0.5, 0.6) is 0 Å². The second kappa shape index (κ2) is 5.78. The zero-order valence-electron chi connectivity index (χ0n) is 9.16. The van der Waals surface area contributed by atoms with Crippen LogP contribution in [0.15, 0.2) is 30.3 Å². The van der Waals surface area contributed by atoms with Crippen molar-refractivity contribution in [3.8, 4) is 0 Å². The van der Waals surface area contributed by atoms with Crippen molar-refractivity contribution in [2.75, 3.05) is 7.11 Å². The molecule has 0 fully saturated rings. The van der Waals surface area contributed by atoms with Gasteiger partial charge in [0.05, 0.1) is 13.2 Å². The summed E-state index contributed by atoms with van der Waals surface area (Å²) in [6.45, 7) is 4.43. The van der Waals surface area contributed by atoms with Crippen molar-refractivity contribution >= 4 is 0 Å². The fourth-order valence-corrected chi connectivity index (χ4v) is 1.55. The molecule has 0 saturated carbocycles. The largest absolute Gasteiger partial charge is 0.305 e. The van der Waals surface area contributed by atoms with Crippen LogP contribution in [-0.2, 0) is 4.84 Å². The zero-order chi connectivity index (χ0) is 10.4. The first-order chi connectivity index (χ1) is 6.74. The molecule has 14 heavy (non-hydrogen) atoms. The standard InChI is InChI=1S/C12H19NO/c1-10(2)9-12(13-14-3)11-7-5-4-6-8-11/h4-8,10,12-13H,9H2,1-3H3. The Morgan fingerprint density at radius 1 is 1.21 bits per heavy atom. The van der Waals surface area contributed by atoms with Gasteiger partial charge >= 0.3 is 0 Å². The highest BCUT2D eigenvalue weighted by Gasteiger charge is 2.11. The first-order valence-corrected chi connectivity index (χ1v) is 5.07. The van der Waals surface area contributed by atoms with Crippen LogP contribution < -0.4 is 5.48 Å². The number of nitrogens with one attached hydrogen (secondary N) is 1. The summed E-state index contributed by atoms with van der Waals surface area (Å²) in [5.74, 6) is 0.655. The Labute approximate surface area is 86.2 Å². The molecule has 2 nitrogen and oxygen atoms in total. The molecule has 0 amide bonds. The van der Waals surface area contributed by atoms with Crippen molar-refractivity contribution in [2.24, 2.45) is 5.92 Å². The van der Waals surface area contributed by atoms with E-state index >= 15 is 0 Å². The number of hydrogen-bond donors (Lipinski definition) is 1. The van der Waals surface area contributed by atoms with E-state index in [-0.39, 0.29) is 0 Å². The summed E-state index contributed by atoms with van der Waals surface area (Å²) in [7, 11) is 1.66. The highest BCUT2D eigenvalue weighted by molar-refractivity contribution is 5.18. The van der Waals surface area contributed by atoms with E-state index in [1.165, 1.54) is 5.56 Å². The molecule has 0 heterocycles. The lowest BCUT2D eigenvalue weighted by atomic mass is 9.98. The van der Waals surface area contributed by atoms with E-state index in [1.807, 2.05) is 6.07 Å². The van der Waals surface area contributed by atoms with Gasteiger partial charge in [-0.2, -0.15) is 5.48 Å². The van der Waals surface area contributed by atoms with Crippen LogP contribution >= 0.6 is 0 Å². The Morgan fingerprint density at radius 3 is 2.36 bits per heavy atom. The third-order valence-corrected chi connectivity index (χ3v) is 2.17. The maximum absolute atomic E-state index is 5.01. The van der Waals surface area contributed by atoms with Crippen LogP contribution in [0.4, 0.5) is 0 Å². The summed E-state index contributed by atoms with van der Waals surface area (Å²) in [6.07, 6.45) is 1.08. The summed E-state index contributed by atoms with van der Waals surface area (Å²) in [6, 6.07) is 10.7. The van der Waals surface area contributed by atoms with E-state index in [0.717, 1.165) is 6.42 Å². The molecule has 0 aromatic heterocycles. The predicted molar refractivity (Wildman–Crippen MR) is 58.8 cm³/mol. The van der Waals surface area contributed by atoms with Gasteiger partial charge < -0.3 is 4.84 Å². The third kappa shape index (κ3) is 3.48. The van der Waals surface area contributed by atoms with Gasteiger partial charge in [-0.25, -0.2) is 0 Å². The minimum atomic E-state index is 0.293. The minimum absolute atomic E-state index is 0.293. The summed E-state index contributed by atoms with van der Waals surface area (Å²) in [4.78, 5) is 5.01. The maximum atomic E-state index is 5.01. The molecule has 1 N–H and O–H groups in total. The van der Waals surface area contributed by atoms with Gasteiger partial charge in [0.1, 0.15) is 0 Å². The lowest BCUT2D eigenvalue weighted by Crippen LogP contribution is -2.21. The van der Waals surface area contributed by atoms with Crippen molar-refractivity contribution in [1.82, 2.24) is 5.48 Å². The molecular weight excluding hydrogens is 174 g/mol. The predicted octanol–water partition coefficient (Wildman–Crippen LogP) is 2.92. The first kappa shape index (κ1) is 11.2. The summed E-state index contributed by atoms with van der Waals surface area (Å²) in [5, 5.41) is 0. The van der Waals surface area contributed by atoms with E-state index in [4.69, 9.17) is 4.84 Å². The number of benzene rings is 1. The minimum Gasteiger partial charge on any atom is -0.305 e. The first-order valence-electron chi connectivity index (χ1n) is 5.07. The van der Waals surface area contributed by atoms with Crippen LogP contribution in [0.1, 0.15) is 31.9 Å². The molecule has 0 saturated heterocycles. The molecule has 1 aromatic carbocycles. The Morgan fingerprint density at radius 2 is 1.86 bits per heavy atom. The van der Waals surface area contributed by atoms with Gasteiger partial charge in [-0.15, -0.1) is 0 Å². The lowest BCUT2D eigenvalue weighted by molar-refractivity contribution is 0.0539. The molecule has 1 atom stereocenters. The highest BCUT2D eigenvalue weighted by atomic mass is 16.6. The fourth-order valence-electron chi connectivity index (χ4n) is 1.55. The quantitative estimate of drug-likeness (QED) is 0.726. The molecule has 1 aromatic rings. The molecule has 0 radical (unpaired) electrons. The number of rotatable bonds is 5. The monoisotopic (exact) mass is 193 g/mol. The van der Waals surface area contributed by atoms with Crippen molar-refractivity contribution in [3.63, 3.8) is 0 Å². The van der Waals surface area contributed by atoms with E-state index in [2.05, 4.69) is 43.6 Å². The van der Waals surface area contributed by atoms with Gasteiger partial charge in [0.25, 0.3) is 0 Å². The van der Waals surface area contributed by atoms with Gasteiger partial charge in [0.2, 0.25) is 0 Å². The Bertz CT molecular complexity index is 246. The van der Waals surface area contributed by atoms with E-state index in [9.17, 15) is 0 Å². The van der Waals surface area contributed by atoms with Crippen LogP contribution in [-0.4, -0.2) is 7.11 Å². The fraction of sp³-hybridized carbons (Fsp3) is 0.500. The van der Waals surface area contributed by atoms with Gasteiger partial charge in [-0.3, -0.25) is 0 Å². The average Bonchev–Trinajstić information content (AvgIpc) is 2.18. The van der Waals surface area contributed by atoms with E-state index in [1.54, 1.807) is 7.11 Å². The van der Waals surface area contributed by atoms with Gasteiger partial charge in [-0.1, -0.05) is 44.2 Å². The molecule has 1 unspecified atom stereocenters. The molecule has 1 rings (SSSR count). The molecule has 0 spiro atoms. The van der Waals surface area contributed by atoms with Gasteiger partial charge in [0.15, 0.2) is 0 Å². The van der Waals surface area contributed by atoms with Crippen molar-refractivity contribution in [3.05, 3.63) is 35.9 Å². The zero-order valence-corrected chi connectivity index (χ0v) is 9.16. The van der Waals surface area contributed by atoms with Crippen LogP contribution in [0.2, 0.25) is 0 Å². The van der Waals surface area contributed by atoms with Crippen LogP contribution in [0.25, 0.3) is 0 Å². The maximum Gasteiger partial charge on any atom is 0.0573 e. The molecule has 2 heteroatoms. The molecule has 0 aliphatic rings. The van der Waals surface area contributed by atoms with E-state index in [0.29, 0.717) is 12.0 Å². The van der Waals surface area contributed by atoms with Crippen LogP contribution in [0, 0.1) is 5.92 Å². The van der Waals surface area contributed by atoms with E-state index < -0.39 is 0 Å². The summed E-state index contributed by atoms with van der Waals surface area (Å²) < 4.78 is 0. The highest BCUT2D eigenvalue weighted by Crippen LogP contribution is 2.20. The van der Waals surface area contributed by atoms with Crippen molar-refractivity contribution in [2.45, 2.75) is 26.3 Å². The SMILES string of the molecule is CONC(CC(C)C)c1ccccc1. The number of hydroxylamine groups is 1. The third-order valence-electron chi connectivity index (χ3n) is 2.17.